The molecule has 1 saturated heterocycles. The van der Waals surface area contributed by atoms with Crippen LogP contribution < -0.4 is 5.32 Å². The molecule has 1 amide bonds. The number of rotatable bonds is 15. The second-order valence-electron chi connectivity index (χ2n) is 12.5. The van der Waals surface area contributed by atoms with E-state index < -0.39 is 52.3 Å². The number of benzene rings is 4. The molecule has 268 valence electrons. The summed E-state index contributed by atoms with van der Waals surface area (Å²) in [6.07, 6.45) is -0.0674. The van der Waals surface area contributed by atoms with Crippen molar-refractivity contribution in [2.45, 2.75) is 49.8 Å². The molecule has 0 radical (unpaired) electrons. The number of nitrogens with one attached hydrogen (secondary N) is 1. The van der Waals surface area contributed by atoms with Gasteiger partial charge in [-0.1, -0.05) is 121 Å². The maximum Gasteiger partial charge on any atom is 0.356 e. The molecule has 6 rings (SSSR count). The predicted octanol–water partition coefficient (Wildman–Crippen LogP) is 5.53. The monoisotopic (exact) mass is 720 g/mol. The highest BCUT2D eigenvalue weighted by Crippen LogP contribution is 2.37. The summed E-state index contributed by atoms with van der Waals surface area (Å²) in [5.41, 5.74) is 3.41. The van der Waals surface area contributed by atoms with Crippen molar-refractivity contribution >= 4 is 34.6 Å². The van der Waals surface area contributed by atoms with E-state index >= 15 is 0 Å². The molecule has 0 bridgehead atoms. The lowest BCUT2D eigenvalue weighted by molar-refractivity contribution is -0.154. The average Bonchev–Trinajstić information content (AvgIpc) is 3.17. The van der Waals surface area contributed by atoms with Crippen LogP contribution in [0.3, 0.4) is 0 Å². The summed E-state index contributed by atoms with van der Waals surface area (Å²) in [6.45, 7) is 1.31. The van der Waals surface area contributed by atoms with Gasteiger partial charge in [0.15, 0.2) is 12.2 Å². The number of ether oxygens (including phenoxy) is 3. The van der Waals surface area contributed by atoms with E-state index in [-0.39, 0.29) is 36.0 Å². The van der Waals surface area contributed by atoms with Crippen molar-refractivity contribution in [2.75, 3.05) is 18.9 Å². The summed E-state index contributed by atoms with van der Waals surface area (Å²) < 4.78 is 30.7. The van der Waals surface area contributed by atoms with Crippen LogP contribution in [-0.4, -0.2) is 63.2 Å². The lowest BCUT2D eigenvalue weighted by Gasteiger charge is -2.49. The molecule has 4 aromatic rings. The standard InChI is InChI=1S/C41H40N2O8S/c1-28(44)49-26-33-27-52(48)40-35(42-25-15-14-24-34(45)50-37(29-16-6-2-7-17-29)30-18-8-3-9-19-30)39(46)43(40)36(33)41(47)51-38(31-20-10-4-11-21-31)32-22-12-5-13-23-32/h2-13,16-23,35,37-38,40,42H,14-15,24-27H2,1H3/t35-,40+,52?/m1/s1. The zero-order valence-corrected chi connectivity index (χ0v) is 29.5. The summed E-state index contributed by atoms with van der Waals surface area (Å²) in [4.78, 5) is 53.5. The predicted molar refractivity (Wildman–Crippen MR) is 195 cm³/mol. The average molecular weight is 721 g/mol. The Balaban J connectivity index is 1.09. The fourth-order valence-corrected chi connectivity index (χ4v) is 8.06. The molecule has 52 heavy (non-hydrogen) atoms. The molecule has 1 N–H and O–H groups in total. The van der Waals surface area contributed by atoms with Crippen molar-refractivity contribution in [3.8, 4) is 0 Å². The molecular formula is C41H40N2O8S. The van der Waals surface area contributed by atoms with E-state index in [9.17, 15) is 23.4 Å². The molecule has 4 aromatic carbocycles. The SMILES string of the molecule is CC(=O)OCC1=C(C(=O)OC(c2ccccc2)c2ccccc2)N2C(=O)[C@@H](NCCCCC(=O)OC(c3ccccc3)c3ccccc3)[C@@H]2S(=O)C1. The minimum absolute atomic E-state index is 0.0557. The van der Waals surface area contributed by atoms with Crippen molar-refractivity contribution in [3.05, 3.63) is 155 Å². The third-order valence-electron chi connectivity index (χ3n) is 8.90. The normalized spacial score (nSPS) is 18.1. The van der Waals surface area contributed by atoms with Crippen LogP contribution in [0.1, 0.15) is 60.6 Å². The van der Waals surface area contributed by atoms with Gasteiger partial charge < -0.3 is 19.5 Å². The lowest BCUT2D eigenvalue weighted by atomic mass is 10.0. The molecule has 0 aromatic heterocycles. The van der Waals surface area contributed by atoms with Crippen LogP contribution >= 0.6 is 0 Å². The second-order valence-corrected chi connectivity index (χ2v) is 14.1. The fourth-order valence-electron chi connectivity index (χ4n) is 6.37. The first kappa shape index (κ1) is 36.4. The minimum Gasteiger partial charge on any atom is -0.461 e. The second kappa shape index (κ2) is 17.2. The van der Waals surface area contributed by atoms with Crippen LogP contribution in [0.5, 0.6) is 0 Å². The number of nitrogens with zero attached hydrogens (tertiary/aromatic N) is 1. The van der Waals surface area contributed by atoms with Crippen molar-refractivity contribution in [3.63, 3.8) is 0 Å². The molecule has 0 spiro atoms. The molecule has 2 aliphatic rings. The van der Waals surface area contributed by atoms with Gasteiger partial charge in [0.2, 0.25) is 5.91 Å². The number of unbranched alkanes of at least 4 members (excludes halogenated alkanes) is 1. The Morgan fingerprint density at radius 3 is 1.71 bits per heavy atom. The number of β-lactam (4-membered cyclic amide) rings is 1. The van der Waals surface area contributed by atoms with E-state index in [1.165, 1.54) is 11.8 Å². The van der Waals surface area contributed by atoms with Crippen LogP contribution in [0.15, 0.2) is 133 Å². The van der Waals surface area contributed by atoms with E-state index in [2.05, 4.69) is 5.32 Å². The van der Waals surface area contributed by atoms with Crippen molar-refractivity contribution in [2.24, 2.45) is 0 Å². The topological polar surface area (TPSA) is 128 Å². The Kier molecular flexibility index (Phi) is 12.1. The summed E-state index contributed by atoms with van der Waals surface area (Å²) in [6, 6.07) is 36.8. The van der Waals surface area contributed by atoms with Gasteiger partial charge in [-0.2, -0.15) is 0 Å². The van der Waals surface area contributed by atoms with E-state index in [1.54, 1.807) is 0 Å². The number of fused-ring (bicyclic) bond motifs is 1. The van der Waals surface area contributed by atoms with Gasteiger partial charge in [-0.15, -0.1) is 0 Å². The third-order valence-corrected chi connectivity index (χ3v) is 10.6. The van der Waals surface area contributed by atoms with Crippen LogP contribution in [0, 0.1) is 0 Å². The Labute approximate surface area is 305 Å². The van der Waals surface area contributed by atoms with Gasteiger partial charge in [0, 0.05) is 18.9 Å². The quantitative estimate of drug-likeness (QED) is 0.0730. The van der Waals surface area contributed by atoms with Gasteiger partial charge in [-0.25, -0.2) is 4.79 Å². The molecule has 1 fully saturated rings. The highest BCUT2D eigenvalue weighted by molar-refractivity contribution is 7.86. The fraction of sp³-hybridized carbons (Fsp3) is 0.268. The molecule has 0 saturated carbocycles. The van der Waals surface area contributed by atoms with E-state index in [0.717, 1.165) is 22.3 Å². The number of amides is 1. The number of carbonyl (C=O) groups excluding carboxylic acids is 4. The van der Waals surface area contributed by atoms with Crippen LogP contribution in [0.4, 0.5) is 0 Å². The highest BCUT2D eigenvalue weighted by atomic mass is 32.2. The van der Waals surface area contributed by atoms with E-state index in [0.29, 0.717) is 19.4 Å². The Morgan fingerprint density at radius 1 is 0.750 bits per heavy atom. The Morgan fingerprint density at radius 2 is 1.23 bits per heavy atom. The third kappa shape index (κ3) is 8.55. The smallest absolute Gasteiger partial charge is 0.356 e. The van der Waals surface area contributed by atoms with E-state index in [1.807, 2.05) is 121 Å². The van der Waals surface area contributed by atoms with Crippen LogP contribution in [0.25, 0.3) is 0 Å². The first-order valence-electron chi connectivity index (χ1n) is 17.2. The molecule has 1 unspecified atom stereocenters. The Bertz CT molecular complexity index is 1840. The van der Waals surface area contributed by atoms with Gasteiger partial charge >= 0.3 is 17.9 Å². The maximum absolute atomic E-state index is 14.0. The van der Waals surface area contributed by atoms with E-state index in [4.69, 9.17) is 14.2 Å². The number of carbonyl (C=O) groups is 4. The van der Waals surface area contributed by atoms with Gasteiger partial charge in [0.05, 0.1) is 16.6 Å². The number of hydrogen-bond donors (Lipinski definition) is 1. The minimum atomic E-state index is -1.59. The Hall–Kier alpha value is -5.39. The molecule has 10 nitrogen and oxygen atoms in total. The lowest BCUT2D eigenvalue weighted by Crippen LogP contribution is -2.73. The van der Waals surface area contributed by atoms with Gasteiger partial charge in [0.1, 0.15) is 23.7 Å². The van der Waals surface area contributed by atoms with Gasteiger partial charge in [0.25, 0.3) is 0 Å². The van der Waals surface area contributed by atoms with Gasteiger partial charge in [-0.3, -0.25) is 23.5 Å². The van der Waals surface area contributed by atoms with Crippen LogP contribution in [0.2, 0.25) is 0 Å². The molecule has 0 aliphatic carbocycles. The summed E-state index contributed by atoms with van der Waals surface area (Å²) in [5, 5.41) is 2.37. The van der Waals surface area contributed by atoms with Crippen molar-refractivity contribution < 1.29 is 37.6 Å². The number of hydrogen-bond acceptors (Lipinski definition) is 9. The molecule has 2 aliphatic heterocycles. The molecule has 3 atom stereocenters. The highest BCUT2D eigenvalue weighted by Gasteiger charge is 2.56. The summed E-state index contributed by atoms with van der Waals surface area (Å²) in [7, 11) is -1.59. The first-order chi connectivity index (χ1) is 25.3. The zero-order chi connectivity index (χ0) is 36.5. The number of esters is 3. The summed E-state index contributed by atoms with van der Waals surface area (Å²) >= 11 is 0. The maximum atomic E-state index is 14.0. The molecule has 11 heteroatoms. The molecular weight excluding hydrogens is 681 g/mol. The largest absolute Gasteiger partial charge is 0.461 e. The van der Waals surface area contributed by atoms with Gasteiger partial charge in [-0.05, 0) is 41.6 Å². The zero-order valence-electron chi connectivity index (χ0n) is 28.7. The van der Waals surface area contributed by atoms with Crippen molar-refractivity contribution in [1.29, 1.82) is 0 Å². The first-order valence-corrected chi connectivity index (χ1v) is 18.6. The van der Waals surface area contributed by atoms with Crippen LogP contribution in [-0.2, 0) is 44.2 Å². The van der Waals surface area contributed by atoms with Crippen molar-refractivity contribution in [1.82, 2.24) is 10.2 Å². The molecule has 2 heterocycles. The summed E-state index contributed by atoms with van der Waals surface area (Å²) in [5.74, 6) is -2.20.